The molecule has 168 valence electrons. The van der Waals surface area contributed by atoms with Gasteiger partial charge in [-0.2, -0.15) is 0 Å². The third-order valence-corrected chi connectivity index (χ3v) is 4.90. The number of hydrogen-bond acceptors (Lipinski definition) is 4. The average Bonchev–Trinajstić information content (AvgIpc) is 2.69. The number of nitrogens with zero attached hydrogens (tertiary/aromatic N) is 3. The Morgan fingerprint density at radius 3 is 2.57 bits per heavy atom. The first-order valence-electron chi connectivity index (χ1n) is 10.2. The van der Waals surface area contributed by atoms with Crippen LogP contribution in [0.3, 0.4) is 0 Å². The van der Waals surface area contributed by atoms with Crippen molar-refractivity contribution in [3.63, 3.8) is 0 Å². The molecule has 4 N–H and O–H groups in total. The highest BCUT2D eigenvalue weighted by Gasteiger charge is 2.20. The van der Waals surface area contributed by atoms with Crippen LogP contribution < -0.4 is 16.4 Å². The van der Waals surface area contributed by atoms with Gasteiger partial charge in [-0.15, -0.1) is 24.0 Å². The van der Waals surface area contributed by atoms with E-state index in [1.54, 1.807) is 19.0 Å². The molecule has 0 aromatic heterocycles. The van der Waals surface area contributed by atoms with Crippen LogP contribution in [0.4, 0.5) is 0 Å². The molecule has 1 aromatic rings. The first kappa shape index (κ1) is 26.2. The fourth-order valence-electron chi connectivity index (χ4n) is 3.38. The van der Waals surface area contributed by atoms with E-state index in [0.29, 0.717) is 24.7 Å². The second-order valence-electron chi connectivity index (χ2n) is 7.57. The largest absolute Gasteiger partial charge is 0.369 e. The molecule has 1 aromatic carbocycles. The molecule has 2 rings (SSSR count). The van der Waals surface area contributed by atoms with E-state index in [9.17, 15) is 9.59 Å². The topological polar surface area (TPSA) is 103 Å². The van der Waals surface area contributed by atoms with Crippen molar-refractivity contribution in [2.24, 2.45) is 10.7 Å². The lowest BCUT2D eigenvalue weighted by atomic mass is 10.1. The number of carbonyl (C=O) groups is 2. The van der Waals surface area contributed by atoms with Gasteiger partial charge >= 0.3 is 0 Å². The number of benzene rings is 1. The Kier molecular flexibility index (Phi) is 11.7. The Labute approximate surface area is 196 Å². The zero-order chi connectivity index (χ0) is 21.2. The number of carbonyl (C=O) groups excluding carboxylic acids is 2. The van der Waals surface area contributed by atoms with Crippen molar-refractivity contribution in [1.29, 1.82) is 0 Å². The summed E-state index contributed by atoms with van der Waals surface area (Å²) in [6, 6.07) is 8.05. The van der Waals surface area contributed by atoms with Gasteiger partial charge in [0, 0.05) is 51.9 Å². The molecule has 0 bridgehead atoms. The average molecular weight is 530 g/mol. The van der Waals surface area contributed by atoms with Gasteiger partial charge in [0.05, 0.1) is 6.54 Å². The van der Waals surface area contributed by atoms with Crippen LogP contribution in [0.15, 0.2) is 29.3 Å². The summed E-state index contributed by atoms with van der Waals surface area (Å²) in [5.41, 5.74) is 7.07. The number of aliphatic imine (C=N–C) groups is 1. The van der Waals surface area contributed by atoms with Gasteiger partial charge in [0.2, 0.25) is 5.91 Å². The Hall–Kier alpha value is -1.88. The fourth-order valence-corrected chi connectivity index (χ4v) is 3.38. The third-order valence-electron chi connectivity index (χ3n) is 4.90. The number of primary amides is 1. The Morgan fingerprint density at radius 1 is 1.27 bits per heavy atom. The van der Waals surface area contributed by atoms with Crippen LogP contribution in [0.1, 0.15) is 35.7 Å². The van der Waals surface area contributed by atoms with Gasteiger partial charge in [-0.1, -0.05) is 12.1 Å². The fraction of sp³-hybridized carbons (Fsp3) is 0.571. The molecule has 0 atom stereocenters. The van der Waals surface area contributed by atoms with Gasteiger partial charge in [0.1, 0.15) is 0 Å². The van der Waals surface area contributed by atoms with Crippen molar-refractivity contribution < 1.29 is 9.59 Å². The molecular weight excluding hydrogens is 495 g/mol. The van der Waals surface area contributed by atoms with Gasteiger partial charge in [-0.05, 0) is 43.9 Å². The molecular formula is C21H35IN6O2. The van der Waals surface area contributed by atoms with Crippen LogP contribution in [-0.4, -0.2) is 80.4 Å². The van der Waals surface area contributed by atoms with Gasteiger partial charge in [0.25, 0.3) is 5.91 Å². The van der Waals surface area contributed by atoms with Gasteiger partial charge in [-0.25, -0.2) is 0 Å². The lowest BCUT2D eigenvalue weighted by molar-refractivity contribution is -0.119. The van der Waals surface area contributed by atoms with Crippen LogP contribution in [0.5, 0.6) is 0 Å². The summed E-state index contributed by atoms with van der Waals surface area (Å²) >= 11 is 0. The second kappa shape index (κ2) is 13.4. The van der Waals surface area contributed by atoms with Crippen molar-refractivity contribution in [3.05, 3.63) is 35.4 Å². The van der Waals surface area contributed by atoms with E-state index in [1.165, 1.54) is 0 Å². The number of hydrogen-bond donors (Lipinski definition) is 3. The summed E-state index contributed by atoms with van der Waals surface area (Å²) in [4.78, 5) is 31.5. The molecule has 0 radical (unpaired) electrons. The summed E-state index contributed by atoms with van der Waals surface area (Å²) in [6.45, 7) is 5.51. The number of amides is 2. The molecule has 1 aliphatic heterocycles. The van der Waals surface area contributed by atoms with Crippen molar-refractivity contribution >= 4 is 41.8 Å². The number of nitrogens with one attached hydrogen (secondary N) is 2. The van der Waals surface area contributed by atoms with Crippen LogP contribution in [0.25, 0.3) is 0 Å². The summed E-state index contributed by atoms with van der Waals surface area (Å²) in [6.07, 6.45) is 2.67. The van der Waals surface area contributed by atoms with Crippen LogP contribution in [-0.2, 0) is 11.2 Å². The first-order valence-corrected chi connectivity index (χ1v) is 10.2. The highest BCUT2D eigenvalue weighted by molar-refractivity contribution is 14.0. The van der Waals surface area contributed by atoms with E-state index in [-0.39, 0.29) is 35.8 Å². The highest BCUT2D eigenvalue weighted by Crippen LogP contribution is 2.10. The van der Waals surface area contributed by atoms with E-state index < -0.39 is 0 Å². The van der Waals surface area contributed by atoms with E-state index in [0.717, 1.165) is 50.4 Å². The smallest absolute Gasteiger partial charge is 0.253 e. The zero-order valence-electron chi connectivity index (χ0n) is 18.2. The molecule has 0 spiro atoms. The van der Waals surface area contributed by atoms with E-state index in [4.69, 9.17) is 10.7 Å². The standard InChI is InChI=1S/C21H34N6O2.HI/c1-4-23-21(25-18-9-12-27(13-10-18)15-19(22)28)24-11-8-16-6-5-7-17(14-16)20(29)26(2)3;/h5-7,14,18H,4,8-13,15H2,1-3H3,(H2,22,28)(H2,23,24,25);1H. The monoisotopic (exact) mass is 530 g/mol. The van der Waals surface area contributed by atoms with Crippen molar-refractivity contribution in [2.75, 3.05) is 46.8 Å². The Balaban J connectivity index is 0.00000450. The molecule has 0 aliphatic carbocycles. The Morgan fingerprint density at radius 2 is 1.97 bits per heavy atom. The maximum Gasteiger partial charge on any atom is 0.253 e. The molecule has 9 heteroatoms. The molecule has 30 heavy (non-hydrogen) atoms. The normalized spacial score (nSPS) is 15.2. The number of nitrogens with two attached hydrogens (primary N) is 1. The van der Waals surface area contributed by atoms with Gasteiger partial charge < -0.3 is 21.3 Å². The molecule has 1 fully saturated rings. The number of halogens is 1. The predicted molar refractivity (Wildman–Crippen MR) is 131 cm³/mol. The van der Waals surface area contributed by atoms with Gasteiger partial charge in [-0.3, -0.25) is 19.5 Å². The van der Waals surface area contributed by atoms with Gasteiger partial charge in [0.15, 0.2) is 5.96 Å². The zero-order valence-corrected chi connectivity index (χ0v) is 20.5. The highest BCUT2D eigenvalue weighted by atomic mass is 127. The van der Waals surface area contributed by atoms with Crippen LogP contribution in [0.2, 0.25) is 0 Å². The lowest BCUT2D eigenvalue weighted by Gasteiger charge is -2.32. The quantitative estimate of drug-likeness (QED) is 0.265. The first-order chi connectivity index (χ1) is 13.9. The summed E-state index contributed by atoms with van der Waals surface area (Å²) < 4.78 is 0. The van der Waals surface area contributed by atoms with E-state index >= 15 is 0 Å². The second-order valence-corrected chi connectivity index (χ2v) is 7.57. The molecule has 1 saturated heterocycles. The third kappa shape index (κ3) is 8.86. The summed E-state index contributed by atoms with van der Waals surface area (Å²) in [7, 11) is 3.51. The molecule has 0 unspecified atom stereocenters. The minimum Gasteiger partial charge on any atom is -0.369 e. The van der Waals surface area contributed by atoms with E-state index in [2.05, 4.69) is 15.5 Å². The van der Waals surface area contributed by atoms with Crippen LogP contribution >= 0.6 is 24.0 Å². The molecule has 1 heterocycles. The Bertz CT molecular complexity index is 717. The van der Waals surface area contributed by atoms with Crippen LogP contribution in [0, 0.1) is 0 Å². The van der Waals surface area contributed by atoms with Crippen molar-refractivity contribution in [2.45, 2.75) is 32.2 Å². The summed E-state index contributed by atoms with van der Waals surface area (Å²) in [5.74, 6) is 0.539. The molecule has 2 amide bonds. The van der Waals surface area contributed by atoms with E-state index in [1.807, 2.05) is 31.2 Å². The lowest BCUT2D eigenvalue weighted by Crippen LogP contribution is -2.49. The number of rotatable bonds is 8. The molecule has 1 aliphatic rings. The maximum atomic E-state index is 12.1. The SMILES string of the molecule is CCNC(=NCCc1cccc(C(=O)N(C)C)c1)NC1CCN(CC(N)=O)CC1.I. The summed E-state index contributed by atoms with van der Waals surface area (Å²) in [5, 5.41) is 6.79. The number of guanidine groups is 1. The minimum atomic E-state index is -0.275. The van der Waals surface area contributed by atoms with Crippen molar-refractivity contribution in [3.8, 4) is 0 Å². The number of likely N-dealkylation sites (tertiary alicyclic amines) is 1. The molecule has 0 saturated carbocycles. The number of piperidine rings is 1. The molecule has 8 nitrogen and oxygen atoms in total. The minimum absolute atomic E-state index is 0. The maximum absolute atomic E-state index is 12.1. The predicted octanol–water partition coefficient (Wildman–Crippen LogP) is 1.05. The van der Waals surface area contributed by atoms with Crippen molar-refractivity contribution in [1.82, 2.24) is 20.4 Å².